The molecule has 2 atom stereocenters. The summed E-state index contributed by atoms with van der Waals surface area (Å²) in [4.78, 5) is 51.8. The van der Waals surface area contributed by atoms with Gasteiger partial charge in [-0.15, -0.1) is 0 Å². The molecule has 3 rings (SSSR count). The third-order valence-corrected chi connectivity index (χ3v) is 7.47. The smallest absolute Gasteiger partial charge is 0.341 e. The number of carbonyl (C=O) groups excluding carboxylic acids is 3. The minimum atomic E-state index is -1.11. The molecule has 1 fully saturated rings. The van der Waals surface area contributed by atoms with Crippen LogP contribution in [0.2, 0.25) is 0 Å². The van der Waals surface area contributed by atoms with Crippen molar-refractivity contribution in [1.82, 2.24) is 4.90 Å². The molecule has 1 saturated heterocycles. The predicted octanol–water partition coefficient (Wildman–Crippen LogP) is 4.38. The van der Waals surface area contributed by atoms with Crippen LogP contribution in [0.3, 0.4) is 0 Å². The third kappa shape index (κ3) is 7.99. The molecule has 0 saturated carbocycles. The van der Waals surface area contributed by atoms with Crippen molar-refractivity contribution < 1.29 is 43.2 Å². The molecule has 0 radical (unpaired) electrons. The van der Waals surface area contributed by atoms with Gasteiger partial charge in [0.25, 0.3) is 5.91 Å². The number of rotatable bonds is 14. The Hall–Kier alpha value is -4.08. The number of ether oxygens (including phenoxy) is 4. The van der Waals surface area contributed by atoms with Crippen molar-refractivity contribution in [1.29, 1.82) is 0 Å². The van der Waals surface area contributed by atoms with Crippen LogP contribution in [0.15, 0.2) is 42.5 Å². The fourth-order valence-electron chi connectivity index (χ4n) is 4.63. The number of hydrogen-bond donors (Lipinski definition) is 1. The van der Waals surface area contributed by atoms with E-state index < -0.39 is 47.8 Å². The molecule has 1 N–H and O–H groups in total. The molecular formula is C31H39NO9. The molecule has 1 heterocycles. The number of methoxy groups -OCH3 is 2. The van der Waals surface area contributed by atoms with E-state index in [4.69, 9.17) is 24.1 Å². The van der Waals surface area contributed by atoms with Gasteiger partial charge in [0.05, 0.1) is 14.2 Å². The molecule has 0 unspecified atom stereocenters. The zero-order chi connectivity index (χ0) is 30.2. The number of Topliss-reactive ketones (excluding diaryl/α,β-unsaturated/α-hetero) is 1. The molecule has 0 aromatic heterocycles. The maximum Gasteiger partial charge on any atom is 0.341 e. The summed E-state index contributed by atoms with van der Waals surface area (Å²) in [6.07, 6.45) is 1.64. The number of likely N-dealkylation sites (tertiary alicyclic amines) is 1. The van der Waals surface area contributed by atoms with E-state index in [1.165, 1.54) is 4.90 Å². The molecule has 10 heteroatoms. The van der Waals surface area contributed by atoms with Crippen LogP contribution in [0.4, 0.5) is 0 Å². The maximum atomic E-state index is 13.5. The van der Waals surface area contributed by atoms with Crippen LogP contribution in [0.1, 0.15) is 63.7 Å². The first-order valence-electron chi connectivity index (χ1n) is 13.7. The van der Waals surface area contributed by atoms with E-state index >= 15 is 0 Å². The van der Waals surface area contributed by atoms with Crippen LogP contribution in [-0.2, 0) is 30.3 Å². The Morgan fingerprint density at radius 2 is 1.78 bits per heavy atom. The Balaban J connectivity index is 1.84. The van der Waals surface area contributed by atoms with E-state index in [2.05, 4.69) is 0 Å². The van der Waals surface area contributed by atoms with Crippen LogP contribution >= 0.6 is 0 Å². The average molecular weight is 570 g/mol. The van der Waals surface area contributed by atoms with Crippen molar-refractivity contribution in [3.63, 3.8) is 0 Å². The average Bonchev–Trinajstić information content (AvgIpc) is 3.47. The lowest BCUT2D eigenvalue weighted by atomic mass is 9.84. The number of nitrogens with zero attached hydrogens (tertiary/aromatic N) is 1. The first-order chi connectivity index (χ1) is 19.5. The SMILES string of the molecule is CCC(C)(C)C(=O)C(=O)N1CCC[C@H]1C(=O)O[C@@H](CCc1ccc(OC)c(OC)c1)c1cccc(OCC(=O)O)c1. The van der Waals surface area contributed by atoms with E-state index in [9.17, 15) is 19.2 Å². The molecule has 41 heavy (non-hydrogen) atoms. The normalized spacial score (nSPS) is 15.6. The fraction of sp³-hybridized carbons (Fsp3) is 0.484. The van der Waals surface area contributed by atoms with Gasteiger partial charge in [0, 0.05) is 12.0 Å². The molecule has 1 amide bonds. The molecule has 0 bridgehead atoms. The van der Waals surface area contributed by atoms with Crippen molar-refractivity contribution >= 4 is 23.6 Å². The van der Waals surface area contributed by atoms with Gasteiger partial charge in [0.15, 0.2) is 18.1 Å². The van der Waals surface area contributed by atoms with E-state index in [1.54, 1.807) is 58.4 Å². The number of aryl methyl sites for hydroxylation is 1. The van der Waals surface area contributed by atoms with Gasteiger partial charge in [-0.1, -0.05) is 39.0 Å². The number of carbonyl (C=O) groups is 4. The highest BCUT2D eigenvalue weighted by molar-refractivity contribution is 6.38. The Kier molecular flexibility index (Phi) is 10.7. The van der Waals surface area contributed by atoms with Crippen molar-refractivity contribution in [2.75, 3.05) is 27.4 Å². The molecular weight excluding hydrogens is 530 g/mol. The summed E-state index contributed by atoms with van der Waals surface area (Å²) in [5, 5.41) is 8.99. The lowest BCUT2D eigenvalue weighted by Gasteiger charge is -2.28. The van der Waals surface area contributed by atoms with Gasteiger partial charge in [-0.05, 0) is 67.5 Å². The Bertz CT molecular complexity index is 1260. The number of aliphatic carboxylic acids is 1. The van der Waals surface area contributed by atoms with Gasteiger partial charge in [0.2, 0.25) is 5.78 Å². The van der Waals surface area contributed by atoms with Crippen LogP contribution in [0.5, 0.6) is 17.2 Å². The lowest BCUT2D eigenvalue weighted by molar-refractivity contribution is -0.161. The second-order valence-corrected chi connectivity index (χ2v) is 10.6. The summed E-state index contributed by atoms with van der Waals surface area (Å²) in [6.45, 7) is 5.08. The molecule has 0 aliphatic carbocycles. The van der Waals surface area contributed by atoms with E-state index in [-0.39, 0.29) is 0 Å². The summed E-state index contributed by atoms with van der Waals surface area (Å²) in [7, 11) is 3.11. The monoisotopic (exact) mass is 569 g/mol. The van der Waals surface area contributed by atoms with E-state index in [0.717, 1.165) is 5.56 Å². The number of benzene rings is 2. The van der Waals surface area contributed by atoms with Crippen LogP contribution in [0.25, 0.3) is 0 Å². The number of carboxylic acid groups (broad SMARTS) is 1. The van der Waals surface area contributed by atoms with Crippen LogP contribution < -0.4 is 14.2 Å². The molecule has 0 spiro atoms. The van der Waals surface area contributed by atoms with Crippen LogP contribution in [0, 0.1) is 5.41 Å². The molecule has 10 nitrogen and oxygen atoms in total. The molecule has 2 aromatic rings. The Morgan fingerprint density at radius 1 is 1.05 bits per heavy atom. The first-order valence-corrected chi connectivity index (χ1v) is 13.7. The Labute approximate surface area is 240 Å². The molecule has 2 aromatic carbocycles. The minimum absolute atomic E-state index is 0.305. The molecule has 222 valence electrons. The van der Waals surface area contributed by atoms with E-state index in [0.29, 0.717) is 61.5 Å². The van der Waals surface area contributed by atoms with Crippen molar-refractivity contribution in [2.45, 2.75) is 65.0 Å². The van der Waals surface area contributed by atoms with Gasteiger partial charge in [-0.3, -0.25) is 9.59 Å². The summed E-state index contributed by atoms with van der Waals surface area (Å²) >= 11 is 0. The van der Waals surface area contributed by atoms with Gasteiger partial charge >= 0.3 is 11.9 Å². The van der Waals surface area contributed by atoms with Gasteiger partial charge in [-0.25, -0.2) is 9.59 Å². The molecule has 1 aliphatic heterocycles. The summed E-state index contributed by atoms with van der Waals surface area (Å²) in [5.74, 6) is -1.40. The van der Waals surface area contributed by atoms with Gasteiger partial charge < -0.3 is 29.0 Å². The highest BCUT2D eigenvalue weighted by Gasteiger charge is 2.42. The standard InChI is InChI=1S/C31H39NO9/c1-6-31(2,3)28(35)29(36)32-16-8-11-23(32)30(37)41-24(21-9-7-10-22(18-21)40-19-27(33)34)14-12-20-13-15-25(38-4)26(17-20)39-5/h7,9-10,13,15,17-18,23-24H,6,8,11-12,14,16,19H2,1-5H3,(H,33,34)/t23-,24-/m0/s1. The fourth-order valence-corrected chi connectivity index (χ4v) is 4.63. The zero-order valence-electron chi connectivity index (χ0n) is 24.3. The largest absolute Gasteiger partial charge is 0.493 e. The third-order valence-electron chi connectivity index (χ3n) is 7.47. The quantitative estimate of drug-likeness (QED) is 0.260. The Morgan fingerprint density at radius 3 is 2.44 bits per heavy atom. The topological polar surface area (TPSA) is 129 Å². The number of amides is 1. The summed E-state index contributed by atoms with van der Waals surface area (Å²) < 4.78 is 22.1. The zero-order valence-corrected chi connectivity index (χ0v) is 24.3. The second-order valence-electron chi connectivity index (χ2n) is 10.6. The number of hydrogen-bond acceptors (Lipinski definition) is 8. The van der Waals surface area contributed by atoms with Crippen molar-refractivity contribution in [2.24, 2.45) is 5.41 Å². The number of esters is 1. The number of carboxylic acids is 1. The highest BCUT2D eigenvalue weighted by atomic mass is 16.5. The van der Waals surface area contributed by atoms with Gasteiger partial charge in [0.1, 0.15) is 17.9 Å². The summed E-state index contributed by atoms with van der Waals surface area (Å²) in [5.41, 5.74) is 0.708. The highest BCUT2D eigenvalue weighted by Crippen LogP contribution is 2.32. The van der Waals surface area contributed by atoms with Crippen molar-refractivity contribution in [3.05, 3.63) is 53.6 Å². The first kappa shape index (κ1) is 31.4. The van der Waals surface area contributed by atoms with Crippen molar-refractivity contribution in [3.8, 4) is 17.2 Å². The van der Waals surface area contributed by atoms with Gasteiger partial charge in [-0.2, -0.15) is 0 Å². The predicted molar refractivity (Wildman–Crippen MR) is 150 cm³/mol. The van der Waals surface area contributed by atoms with Crippen LogP contribution in [-0.4, -0.2) is 67.0 Å². The maximum absolute atomic E-state index is 13.5. The summed E-state index contributed by atoms with van der Waals surface area (Å²) in [6, 6.07) is 11.4. The molecule has 1 aliphatic rings. The lowest BCUT2D eigenvalue weighted by Crippen LogP contribution is -2.48. The number of ketones is 1. The minimum Gasteiger partial charge on any atom is -0.493 e. The van der Waals surface area contributed by atoms with E-state index in [1.807, 2.05) is 19.1 Å². The second kappa shape index (κ2) is 14.0.